The second-order valence-corrected chi connectivity index (χ2v) is 4.12. The van der Waals surface area contributed by atoms with E-state index < -0.39 is 0 Å². The fourth-order valence-electron chi connectivity index (χ4n) is 2.29. The number of nitriles is 1. The monoisotopic (exact) mass is 216 g/mol. The minimum absolute atomic E-state index is 0.328. The van der Waals surface area contributed by atoms with Gasteiger partial charge in [-0.05, 0) is 36.6 Å². The number of hydrogen-bond acceptors (Lipinski definition) is 3. The molecule has 0 bridgehead atoms. The quantitative estimate of drug-likeness (QED) is 0.711. The number of fused-ring (bicyclic) bond motifs is 1. The molecule has 1 aliphatic heterocycles. The average molecular weight is 216 g/mol. The molecular formula is C13H16N2O. The topological polar surface area (TPSA) is 36.3 Å². The van der Waals surface area contributed by atoms with Crippen LogP contribution in [0.4, 0.5) is 0 Å². The number of methoxy groups -OCH3 is 1. The maximum Gasteiger partial charge on any atom is 0.119 e. The Kier molecular flexibility index (Phi) is 3.12. The van der Waals surface area contributed by atoms with Crippen molar-refractivity contribution < 1.29 is 4.74 Å². The van der Waals surface area contributed by atoms with Crippen molar-refractivity contribution in [2.75, 3.05) is 20.2 Å². The van der Waals surface area contributed by atoms with Crippen molar-refractivity contribution in [2.45, 2.75) is 19.4 Å². The Morgan fingerprint density at radius 1 is 1.56 bits per heavy atom. The molecule has 1 aromatic rings. The van der Waals surface area contributed by atoms with E-state index in [0.29, 0.717) is 12.6 Å². The first-order valence-corrected chi connectivity index (χ1v) is 5.54. The van der Waals surface area contributed by atoms with E-state index in [4.69, 9.17) is 10.00 Å². The van der Waals surface area contributed by atoms with Gasteiger partial charge in [0.25, 0.3) is 0 Å². The number of nitrogens with zero attached hydrogens (tertiary/aromatic N) is 2. The summed E-state index contributed by atoms with van der Waals surface area (Å²) in [5.74, 6) is 0.916. The van der Waals surface area contributed by atoms with Crippen molar-refractivity contribution in [3.05, 3.63) is 29.3 Å². The van der Waals surface area contributed by atoms with E-state index in [2.05, 4.69) is 30.0 Å². The smallest absolute Gasteiger partial charge is 0.119 e. The van der Waals surface area contributed by atoms with E-state index in [1.54, 1.807) is 7.11 Å². The van der Waals surface area contributed by atoms with Crippen LogP contribution in [-0.4, -0.2) is 25.1 Å². The molecule has 1 aromatic carbocycles. The van der Waals surface area contributed by atoms with Crippen LogP contribution < -0.4 is 4.74 Å². The second kappa shape index (κ2) is 4.54. The molecule has 0 amide bonds. The van der Waals surface area contributed by atoms with Crippen LogP contribution in [0.5, 0.6) is 5.75 Å². The molecule has 0 fully saturated rings. The third-order valence-corrected chi connectivity index (χ3v) is 3.29. The molecule has 2 rings (SSSR count). The molecule has 1 unspecified atom stereocenters. The minimum Gasteiger partial charge on any atom is -0.497 e. The summed E-state index contributed by atoms with van der Waals surface area (Å²) in [6.45, 7) is 3.61. The lowest BCUT2D eigenvalue weighted by Gasteiger charge is -2.33. The predicted molar refractivity (Wildman–Crippen MR) is 62.3 cm³/mol. The first-order chi connectivity index (χ1) is 7.76. The molecule has 84 valence electrons. The van der Waals surface area contributed by atoms with E-state index in [0.717, 1.165) is 18.7 Å². The molecule has 0 radical (unpaired) electrons. The van der Waals surface area contributed by atoms with Crippen molar-refractivity contribution in [3.63, 3.8) is 0 Å². The van der Waals surface area contributed by atoms with Gasteiger partial charge in [0.1, 0.15) is 5.75 Å². The normalized spacial score (nSPS) is 19.9. The zero-order chi connectivity index (χ0) is 11.5. The van der Waals surface area contributed by atoms with Crippen LogP contribution in [-0.2, 0) is 6.42 Å². The highest BCUT2D eigenvalue weighted by molar-refractivity contribution is 5.39. The zero-order valence-corrected chi connectivity index (χ0v) is 9.73. The van der Waals surface area contributed by atoms with Gasteiger partial charge in [-0.15, -0.1) is 0 Å². The van der Waals surface area contributed by atoms with Gasteiger partial charge in [-0.3, -0.25) is 4.90 Å². The van der Waals surface area contributed by atoms with Gasteiger partial charge in [-0.25, -0.2) is 0 Å². The lowest BCUT2D eigenvalue weighted by Crippen LogP contribution is -2.34. The molecular weight excluding hydrogens is 200 g/mol. The van der Waals surface area contributed by atoms with Gasteiger partial charge >= 0.3 is 0 Å². The van der Waals surface area contributed by atoms with Crippen LogP contribution in [0.1, 0.15) is 24.1 Å². The van der Waals surface area contributed by atoms with Gasteiger partial charge in [0, 0.05) is 12.6 Å². The van der Waals surface area contributed by atoms with Crippen LogP contribution in [0, 0.1) is 11.3 Å². The van der Waals surface area contributed by atoms with Crippen molar-refractivity contribution in [1.82, 2.24) is 4.90 Å². The van der Waals surface area contributed by atoms with Crippen LogP contribution in [0.15, 0.2) is 18.2 Å². The molecule has 0 aromatic heterocycles. The highest BCUT2D eigenvalue weighted by Crippen LogP contribution is 2.31. The van der Waals surface area contributed by atoms with E-state index in [1.165, 1.54) is 11.1 Å². The Bertz CT molecular complexity index is 422. The Balaban J connectivity index is 2.28. The van der Waals surface area contributed by atoms with Crippen LogP contribution >= 0.6 is 0 Å². The third kappa shape index (κ3) is 1.89. The number of benzene rings is 1. The molecule has 1 aliphatic rings. The number of hydrogen-bond donors (Lipinski definition) is 0. The van der Waals surface area contributed by atoms with Crippen LogP contribution in [0.3, 0.4) is 0 Å². The molecule has 0 saturated heterocycles. The summed E-state index contributed by atoms with van der Waals surface area (Å²) in [7, 11) is 1.69. The SMILES string of the molecule is COc1ccc2c(c1)CCN(CC#N)C2C. The summed E-state index contributed by atoms with van der Waals surface area (Å²) < 4.78 is 5.22. The molecule has 3 nitrogen and oxygen atoms in total. The Labute approximate surface area is 96.2 Å². The highest BCUT2D eigenvalue weighted by Gasteiger charge is 2.23. The molecule has 3 heteroatoms. The van der Waals surface area contributed by atoms with Crippen molar-refractivity contribution >= 4 is 0 Å². The van der Waals surface area contributed by atoms with Gasteiger partial charge in [0.05, 0.1) is 19.7 Å². The van der Waals surface area contributed by atoms with E-state index >= 15 is 0 Å². The van der Waals surface area contributed by atoms with E-state index in [9.17, 15) is 0 Å². The summed E-state index contributed by atoms with van der Waals surface area (Å²) in [6.07, 6.45) is 0.999. The molecule has 1 heterocycles. The fraction of sp³-hybridized carbons (Fsp3) is 0.462. The van der Waals surface area contributed by atoms with Crippen molar-refractivity contribution in [3.8, 4) is 11.8 Å². The maximum absolute atomic E-state index is 8.75. The van der Waals surface area contributed by atoms with Gasteiger partial charge in [0.2, 0.25) is 0 Å². The summed E-state index contributed by atoms with van der Waals surface area (Å²) in [5, 5.41) is 8.75. The number of ether oxygens (including phenoxy) is 1. The largest absolute Gasteiger partial charge is 0.497 e. The zero-order valence-electron chi connectivity index (χ0n) is 9.73. The molecule has 1 atom stereocenters. The Hall–Kier alpha value is -1.53. The predicted octanol–water partition coefficient (Wildman–Crippen LogP) is 2.14. The summed E-state index contributed by atoms with van der Waals surface area (Å²) in [5.41, 5.74) is 2.67. The first-order valence-electron chi connectivity index (χ1n) is 5.54. The summed E-state index contributed by atoms with van der Waals surface area (Å²) in [6, 6.07) is 8.76. The molecule has 16 heavy (non-hydrogen) atoms. The lowest BCUT2D eigenvalue weighted by atomic mass is 9.93. The fourth-order valence-corrected chi connectivity index (χ4v) is 2.29. The lowest BCUT2D eigenvalue weighted by molar-refractivity contribution is 0.223. The second-order valence-electron chi connectivity index (χ2n) is 4.12. The van der Waals surface area contributed by atoms with E-state index in [-0.39, 0.29) is 0 Å². The van der Waals surface area contributed by atoms with Gasteiger partial charge in [0.15, 0.2) is 0 Å². The molecule has 0 spiro atoms. The van der Waals surface area contributed by atoms with Crippen molar-refractivity contribution in [1.29, 1.82) is 5.26 Å². The minimum atomic E-state index is 0.328. The molecule has 0 saturated carbocycles. The third-order valence-electron chi connectivity index (χ3n) is 3.29. The van der Waals surface area contributed by atoms with Crippen molar-refractivity contribution in [2.24, 2.45) is 0 Å². The molecule has 0 aliphatic carbocycles. The Morgan fingerprint density at radius 3 is 3.06 bits per heavy atom. The highest BCUT2D eigenvalue weighted by atomic mass is 16.5. The van der Waals surface area contributed by atoms with Gasteiger partial charge in [-0.1, -0.05) is 6.07 Å². The van der Waals surface area contributed by atoms with Gasteiger partial charge < -0.3 is 4.74 Å². The van der Waals surface area contributed by atoms with Crippen LogP contribution in [0.2, 0.25) is 0 Å². The maximum atomic E-state index is 8.75. The standard InChI is InChI=1S/C13H16N2O/c1-10-13-4-3-12(16-2)9-11(13)5-7-15(10)8-6-14/h3-4,9-10H,5,7-8H2,1-2H3. The number of rotatable bonds is 2. The Morgan fingerprint density at radius 2 is 2.38 bits per heavy atom. The van der Waals surface area contributed by atoms with E-state index in [1.807, 2.05) is 6.07 Å². The average Bonchev–Trinajstić information content (AvgIpc) is 2.32. The summed E-state index contributed by atoms with van der Waals surface area (Å²) in [4.78, 5) is 2.20. The molecule has 0 N–H and O–H groups in total. The summed E-state index contributed by atoms with van der Waals surface area (Å²) >= 11 is 0. The van der Waals surface area contributed by atoms with Gasteiger partial charge in [-0.2, -0.15) is 5.26 Å². The first kappa shape index (κ1) is 11.0. The van der Waals surface area contributed by atoms with Crippen LogP contribution in [0.25, 0.3) is 0 Å².